The van der Waals surface area contributed by atoms with Gasteiger partial charge in [-0.15, -0.1) is 0 Å². The first kappa shape index (κ1) is 17.2. The van der Waals surface area contributed by atoms with Crippen molar-refractivity contribution < 1.29 is 9.59 Å². The third-order valence-corrected chi connectivity index (χ3v) is 4.51. The number of aromatic nitrogens is 2. The van der Waals surface area contributed by atoms with E-state index in [-0.39, 0.29) is 17.9 Å². The molecule has 0 aliphatic carbocycles. The highest BCUT2D eigenvalue weighted by Crippen LogP contribution is 2.30. The maximum atomic E-state index is 13.0. The summed E-state index contributed by atoms with van der Waals surface area (Å²) in [6.07, 6.45) is 7.34. The molecule has 1 saturated heterocycles. The molecule has 6 nitrogen and oxygen atoms in total. The van der Waals surface area contributed by atoms with E-state index < -0.39 is 0 Å². The molecule has 2 amide bonds. The van der Waals surface area contributed by atoms with Crippen molar-refractivity contribution in [2.45, 2.75) is 38.6 Å². The number of nitrogens with zero attached hydrogens (tertiary/aromatic N) is 2. The number of rotatable bonds is 5. The number of imidazole rings is 1. The van der Waals surface area contributed by atoms with Crippen molar-refractivity contribution in [2.24, 2.45) is 0 Å². The maximum Gasteiger partial charge on any atom is 0.254 e. The smallest absolute Gasteiger partial charge is 0.254 e. The minimum atomic E-state index is -0.141. The summed E-state index contributed by atoms with van der Waals surface area (Å²) in [5, 5.41) is 2.85. The van der Waals surface area contributed by atoms with Gasteiger partial charge in [0, 0.05) is 36.6 Å². The van der Waals surface area contributed by atoms with Gasteiger partial charge in [0.1, 0.15) is 5.82 Å². The van der Waals surface area contributed by atoms with Crippen LogP contribution in [-0.2, 0) is 0 Å². The number of amides is 2. The fraction of sp³-hybridized carbons (Fsp3) is 0.421. The summed E-state index contributed by atoms with van der Waals surface area (Å²) in [6.45, 7) is 3.34. The number of piperidine rings is 1. The molecule has 0 bridgehead atoms. The fourth-order valence-electron chi connectivity index (χ4n) is 3.22. The Kier molecular flexibility index (Phi) is 5.48. The molecule has 0 saturated carbocycles. The molecule has 1 aliphatic rings. The van der Waals surface area contributed by atoms with E-state index in [2.05, 4.69) is 15.3 Å². The Morgan fingerprint density at radius 3 is 2.92 bits per heavy atom. The molecule has 0 spiro atoms. The van der Waals surface area contributed by atoms with E-state index in [0.29, 0.717) is 24.2 Å². The van der Waals surface area contributed by atoms with Crippen molar-refractivity contribution in [1.82, 2.24) is 20.2 Å². The first-order valence-corrected chi connectivity index (χ1v) is 8.89. The first-order valence-electron chi connectivity index (χ1n) is 8.89. The van der Waals surface area contributed by atoms with Crippen molar-refractivity contribution >= 4 is 11.8 Å². The van der Waals surface area contributed by atoms with Gasteiger partial charge in [0.2, 0.25) is 0 Å². The molecule has 1 fully saturated rings. The molecule has 1 atom stereocenters. The normalized spacial score (nSPS) is 17.3. The topological polar surface area (TPSA) is 78.1 Å². The largest absolute Gasteiger partial charge is 0.352 e. The van der Waals surface area contributed by atoms with Crippen LogP contribution in [-0.4, -0.2) is 39.8 Å². The number of benzene rings is 1. The molecule has 1 aromatic carbocycles. The molecule has 1 aliphatic heterocycles. The highest BCUT2D eigenvalue weighted by atomic mass is 16.2. The lowest BCUT2D eigenvalue weighted by molar-refractivity contribution is 0.0601. The summed E-state index contributed by atoms with van der Waals surface area (Å²) in [7, 11) is 0. The lowest BCUT2D eigenvalue weighted by Crippen LogP contribution is -2.39. The van der Waals surface area contributed by atoms with Crippen LogP contribution in [0.5, 0.6) is 0 Å². The third kappa shape index (κ3) is 3.90. The van der Waals surface area contributed by atoms with Crippen LogP contribution in [0.3, 0.4) is 0 Å². The molecule has 2 aromatic rings. The average Bonchev–Trinajstić information content (AvgIpc) is 3.20. The molecule has 6 heteroatoms. The second-order valence-corrected chi connectivity index (χ2v) is 6.32. The zero-order valence-corrected chi connectivity index (χ0v) is 14.5. The van der Waals surface area contributed by atoms with Crippen molar-refractivity contribution in [3.63, 3.8) is 0 Å². The number of H-pyrrole nitrogens is 1. The van der Waals surface area contributed by atoms with Gasteiger partial charge in [0.15, 0.2) is 0 Å². The molecule has 2 heterocycles. The van der Waals surface area contributed by atoms with Gasteiger partial charge in [-0.3, -0.25) is 9.59 Å². The molecular weight excluding hydrogens is 316 g/mol. The summed E-state index contributed by atoms with van der Waals surface area (Å²) >= 11 is 0. The highest BCUT2D eigenvalue weighted by molar-refractivity contribution is 5.99. The molecule has 1 aromatic heterocycles. The van der Waals surface area contributed by atoms with Gasteiger partial charge in [-0.25, -0.2) is 4.98 Å². The first-order chi connectivity index (χ1) is 12.2. The Hall–Kier alpha value is -2.63. The fourth-order valence-corrected chi connectivity index (χ4v) is 3.22. The van der Waals surface area contributed by atoms with E-state index in [9.17, 15) is 9.59 Å². The van der Waals surface area contributed by atoms with Crippen molar-refractivity contribution in [3.05, 3.63) is 53.6 Å². The van der Waals surface area contributed by atoms with Crippen LogP contribution in [0.1, 0.15) is 65.2 Å². The third-order valence-electron chi connectivity index (χ3n) is 4.51. The van der Waals surface area contributed by atoms with E-state index in [1.165, 1.54) is 0 Å². The molecular formula is C19H24N4O2. The lowest BCUT2D eigenvalue weighted by atomic mass is 9.99. The van der Waals surface area contributed by atoms with Crippen LogP contribution in [0.15, 0.2) is 36.7 Å². The Morgan fingerprint density at radius 1 is 1.32 bits per heavy atom. The highest BCUT2D eigenvalue weighted by Gasteiger charge is 2.30. The van der Waals surface area contributed by atoms with Crippen LogP contribution in [0.4, 0.5) is 0 Å². The molecule has 132 valence electrons. The molecule has 0 radical (unpaired) electrons. The standard InChI is InChI=1S/C19H24N4O2/c1-2-9-22-18(24)14-6-5-7-15(13-14)19(25)23-12-4-3-8-16(23)17-20-10-11-21-17/h5-7,10-11,13,16H,2-4,8-9,12H2,1H3,(H,20,21)(H,22,24). The second kappa shape index (κ2) is 7.96. The predicted octanol–water partition coefficient (Wildman–Crippen LogP) is 2.92. The SMILES string of the molecule is CCCNC(=O)c1cccc(C(=O)N2CCCCC2c2ncc[nH]2)c1. The molecule has 25 heavy (non-hydrogen) atoms. The number of likely N-dealkylation sites (tertiary alicyclic amines) is 1. The zero-order chi connectivity index (χ0) is 17.6. The van der Waals surface area contributed by atoms with Crippen molar-refractivity contribution in [1.29, 1.82) is 0 Å². The van der Waals surface area contributed by atoms with Gasteiger partial charge in [-0.05, 0) is 43.9 Å². The Bertz CT molecular complexity index is 727. The van der Waals surface area contributed by atoms with Crippen LogP contribution < -0.4 is 5.32 Å². The van der Waals surface area contributed by atoms with Crippen molar-refractivity contribution in [2.75, 3.05) is 13.1 Å². The molecule has 3 rings (SSSR count). The van der Waals surface area contributed by atoms with E-state index in [1.807, 2.05) is 11.8 Å². The van der Waals surface area contributed by atoms with E-state index in [0.717, 1.165) is 31.5 Å². The summed E-state index contributed by atoms with van der Waals surface area (Å²) in [6, 6.07) is 6.92. The minimum Gasteiger partial charge on any atom is -0.352 e. The number of hydrogen-bond donors (Lipinski definition) is 2. The van der Waals surface area contributed by atoms with Gasteiger partial charge in [0.05, 0.1) is 6.04 Å². The van der Waals surface area contributed by atoms with Gasteiger partial charge in [0.25, 0.3) is 11.8 Å². The summed E-state index contributed by atoms with van der Waals surface area (Å²) in [5.41, 5.74) is 1.06. The van der Waals surface area contributed by atoms with E-state index in [4.69, 9.17) is 0 Å². The zero-order valence-electron chi connectivity index (χ0n) is 14.5. The molecule has 2 N–H and O–H groups in total. The monoisotopic (exact) mass is 340 g/mol. The molecule has 1 unspecified atom stereocenters. The average molecular weight is 340 g/mol. The quantitative estimate of drug-likeness (QED) is 0.878. The minimum absolute atomic E-state index is 0.0335. The van der Waals surface area contributed by atoms with Crippen LogP contribution in [0, 0.1) is 0 Å². The number of hydrogen-bond acceptors (Lipinski definition) is 3. The van der Waals surface area contributed by atoms with Gasteiger partial charge in [-0.1, -0.05) is 13.0 Å². The summed E-state index contributed by atoms with van der Waals surface area (Å²) < 4.78 is 0. The van der Waals surface area contributed by atoms with Crippen LogP contribution >= 0.6 is 0 Å². The number of carbonyl (C=O) groups is 2. The van der Waals surface area contributed by atoms with Crippen LogP contribution in [0.2, 0.25) is 0 Å². The second-order valence-electron chi connectivity index (χ2n) is 6.32. The van der Waals surface area contributed by atoms with Gasteiger partial charge >= 0.3 is 0 Å². The van der Waals surface area contributed by atoms with Crippen LogP contribution in [0.25, 0.3) is 0 Å². The van der Waals surface area contributed by atoms with Crippen molar-refractivity contribution in [3.8, 4) is 0 Å². The lowest BCUT2D eigenvalue weighted by Gasteiger charge is -2.34. The Morgan fingerprint density at radius 2 is 2.16 bits per heavy atom. The number of nitrogens with one attached hydrogen (secondary N) is 2. The Balaban J connectivity index is 1.80. The Labute approximate surface area is 147 Å². The summed E-state index contributed by atoms with van der Waals surface area (Å²) in [4.78, 5) is 34.5. The summed E-state index contributed by atoms with van der Waals surface area (Å²) in [5.74, 6) is 0.633. The van der Waals surface area contributed by atoms with Gasteiger partial charge < -0.3 is 15.2 Å². The van der Waals surface area contributed by atoms with E-state index in [1.54, 1.807) is 36.7 Å². The number of carbonyl (C=O) groups excluding carboxylic acids is 2. The van der Waals surface area contributed by atoms with E-state index >= 15 is 0 Å². The predicted molar refractivity (Wildman–Crippen MR) is 95.3 cm³/mol. The maximum absolute atomic E-state index is 13.0. The van der Waals surface area contributed by atoms with Gasteiger partial charge in [-0.2, -0.15) is 0 Å². The number of aromatic amines is 1.